The van der Waals surface area contributed by atoms with E-state index in [4.69, 9.17) is 5.73 Å². The maximum atomic E-state index is 13.3. The molecule has 0 atom stereocenters. The molecular weight excluding hydrogens is 425 g/mol. The lowest BCUT2D eigenvalue weighted by Crippen LogP contribution is -2.37. The fourth-order valence-electron chi connectivity index (χ4n) is 3.28. The van der Waals surface area contributed by atoms with Gasteiger partial charge in [0.25, 0.3) is 5.91 Å². The molecule has 0 aromatic heterocycles. The standard InChI is InChI=1S/C22H21F3N4O3/c1-12-3-6-15(7-4-12)29-17-11-14(22(23,24)25)5-8-16(17)20(21(29)32)13(2)27-28-19(31)10-9-18(26)30/h3-8,11,27H,9-10H2,1-2H3,(H2,26,30)(H,28,31)/b20-13-. The van der Waals surface area contributed by atoms with Crippen molar-refractivity contribution in [2.75, 3.05) is 4.90 Å². The minimum atomic E-state index is -4.58. The third-order valence-electron chi connectivity index (χ3n) is 4.91. The lowest BCUT2D eigenvalue weighted by Gasteiger charge is -2.19. The second kappa shape index (κ2) is 8.74. The predicted octanol–water partition coefficient (Wildman–Crippen LogP) is 3.31. The summed E-state index contributed by atoms with van der Waals surface area (Å²) in [5, 5.41) is 0. The van der Waals surface area contributed by atoms with Crippen molar-refractivity contribution in [2.24, 2.45) is 5.73 Å². The smallest absolute Gasteiger partial charge is 0.370 e. The molecule has 0 saturated heterocycles. The zero-order chi connectivity index (χ0) is 23.6. The number of carbonyl (C=O) groups excluding carboxylic acids is 3. The Labute approximate surface area is 182 Å². The van der Waals surface area contributed by atoms with E-state index in [1.54, 1.807) is 24.3 Å². The number of carbonyl (C=O) groups is 3. The van der Waals surface area contributed by atoms with Crippen molar-refractivity contribution in [2.45, 2.75) is 32.9 Å². The number of hydrogen-bond donors (Lipinski definition) is 3. The average molecular weight is 446 g/mol. The van der Waals surface area contributed by atoms with Crippen LogP contribution in [0, 0.1) is 6.92 Å². The highest BCUT2D eigenvalue weighted by Gasteiger charge is 2.38. The number of halogens is 3. The molecule has 7 nitrogen and oxygen atoms in total. The van der Waals surface area contributed by atoms with Crippen LogP contribution in [0.15, 0.2) is 48.2 Å². The summed E-state index contributed by atoms with van der Waals surface area (Å²) in [6.07, 6.45) is -4.88. The first kappa shape index (κ1) is 22.9. The molecule has 32 heavy (non-hydrogen) atoms. The summed E-state index contributed by atoms with van der Waals surface area (Å²) in [4.78, 5) is 37.1. The van der Waals surface area contributed by atoms with Crippen LogP contribution in [-0.4, -0.2) is 17.7 Å². The van der Waals surface area contributed by atoms with E-state index in [-0.39, 0.29) is 29.8 Å². The summed E-state index contributed by atoms with van der Waals surface area (Å²) in [6, 6.07) is 9.87. The van der Waals surface area contributed by atoms with E-state index in [2.05, 4.69) is 10.9 Å². The Bertz CT molecular complexity index is 1110. The molecule has 2 aromatic carbocycles. The molecule has 1 aliphatic rings. The Balaban J connectivity index is 2.01. The van der Waals surface area contributed by atoms with Gasteiger partial charge in [0, 0.05) is 29.8 Å². The SMILES string of the molecule is C/C(NNC(=O)CCC(N)=O)=C1/C(=O)N(c2ccc(C)cc2)c2cc(C(F)(F)F)ccc21. The number of nitrogens with two attached hydrogens (primary N) is 1. The second-order valence-electron chi connectivity index (χ2n) is 7.35. The van der Waals surface area contributed by atoms with E-state index in [0.29, 0.717) is 11.3 Å². The van der Waals surface area contributed by atoms with E-state index in [1.807, 2.05) is 6.92 Å². The van der Waals surface area contributed by atoms with Gasteiger partial charge in [0.05, 0.1) is 16.8 Å². The summed E-state index contributed by atoms with van der Waals surface area (Å²) >= 11 is 0. The Hall–Kier alpha value is -3.82. The number of aryl methyl sites for hydroxylation is 1. The van der Waals surface area contributed by atoms with Gasteiger partial charge in [-0.2, -0.15) is 13.2 Å². The first-order valence-electron chi connectivity index (χ1n) is 9.66. The average Bonchev–Trinajstić information content (AvgIpc) is 3.01. The van der Waals surface area contributed by atoms with Crippen LogP contribution in [0.2, 0.25) is 0 Å². The molecule has 3 rings (SSSR count). The summed E-state index contributed by atoms with van der Waals surface area (Å²) in [5.74, 6) is -1.71. The number of alkyl halides is 3. The van der Waals surface area contributed by atoms with E-state index in [1.165, 1.54) is 17.9 Å². The number of fused-ring (bicyclic) bond motifs is 1. The monoisotopic (exact) mass is 446 g/mol. The van der Waals surface area contributed by atoms with Crippen molar-refractivity contribution in [1.29, 1.82) is 0 Å². The zero-order valence-corrected chi connectivity index (χ0v) is 17.3. The molecule has 0 aliphatic carbocycles. The van der Waals surface area contributed by atoms with E-state index in [0.717, 1.165) is 17.7 Å². The molecule has 0 saturated carbocycles. The normalized spacial score (nSPS) is 14.8. The minimum absolute atomic E-state index is 0.0879. The molecule has 2 aromatic rings. The molecule has 0 bridgehead atoms. The molecule has 10 heteroatoms. The highest BCUT2D eigenvalue weighted by molar-refractivity contribution is 6.35. The van der Waals surface area contributed by atoms with Crippen LogP contribution in [0.1, 0.15) is 36.5 Å². The lowest BCUT2D eigenvalue weighted by atomic mass is 10.0. The first-order valence-corrected chi connectivity index (χ1v) is 9.66. The van der Waals surface area contributed by atoms with Crippen LogP contribution >= 0.6 is 0 Å². The molecule has 0 radical (unpaired) electrons. The quantitative estimate of drug-likeness (QED) is 0.468. The number of anilines is 2. The van der Waals surface area contributed by atoms with Crippen molar-refractivity contribution in [1.82, 2.24) is 10.9 Å². The van der Waals surface area contributed by atoms with Crippen LogP contribution < -0.4 is 21.5 Å². The number of amides is 3. The van der Waals surface area contributed by atoms with Gasteiger partial charge >= 0.3 is 6.18 Å². The number of primary amides is 1. The molecule has 168 valence electrons. The van der Waals surface area contributed by atoms with Gasteiger partial charge in [-0.25, -0.2) is 0 Å². The second-order valence-corrected chi connectivity index (χ2v) is 7.35. The Kier molecular flexibility index (Phi) is 6.24. The number of benzene rings is 2. The maximum Gasteiger partial charge on any atom is 0.416 e. The van der Waals surface area contributed by atoms with Crippen LogP contribution in [0.4, 0.5) is 24.5 Å². The summed E-state index contributed by atoms with van der Waals surface area (Å²) in [5.41, 5.74) is 11.2. The van der Waals surface area contributed by atoms with E-state index in [9.17, 15) is 27.6 Å². The van der Waals surface area contributed by atoms with E-state index < -0.39 is 29.5 Å². The van der Waals surface area contributed by atoms with Crippen LogP contribution in [0.5, 0.6) is 0 Å². The molecular formula is C22H21F3N4O3. The van der Waals surface area contributed by atoms with Crippen LogP contribution in [-0.2, 0) is 20.6 Å². The van der Waals surface area contributed by atoms with Crippen molar-refractivity contribution >= 4 is 34.7 Å². The minimum Gasteiger partial charge on any atom is -0.370 e. The molecule has 4 N–H and O–H groups in total. The van der Waals surface area contributed by atoms with E-state index >= 15 is 0 Å². The largest absolute Gasteiger partial charge is 0.416 e. The van der Waals surface area contributed by atoms with Gasteiger partial charge in [-0.15, -0.1) is 0 Å². The van der Waals surface area contributed by atoms with Gasteiger partial charge in [0.2, 0.25) is 11.8 Å². The number of rotatable bonds is 6. The zero-order valence-electron chi connectivity index (χ0n) is 17.3. The molecule has 0 unspecified atom stereocenters. The van der Waals surface area contributed by atoms with Gasteiger partial charge < -0.3 is 11.2 Å². The van der Waals surface area contributed by atoms with Gasteiger partial charge in [0.15, 0.2) is 0 Å². The molecule has 1 aliphatic heterocycles. The highest BCUT2D eigenvalue weighted by atomic mass is 19.4. The van der Waals surface area contributed by atoms with Gasteiger partial charge in [0.1, 0.15) is 0 Å². The maximum absolute atomic E-state index is 13.3. The molecule has 0 fully saturated rings. The van der Waals surface area contributed by atoms with Gasteiger partial charge in [-0.1, -0.05) is 23.8 Å². The number of nitrogens with one attached hydrogen (secondary N) is 2. The third kappa shape index (κ3) is 4.74. The lowest BCUT2D eigenvalue weighted by molar-refractivity contribution is -0.137. The summed E-state index contributed by atoms with van der Waals surface area (Å²) < 4.78 is 40.0. The number of hydrazine groups is 1. The molecule has 3 amide bonds. The van der Waals surface area contributed by atoms with Crippen molar-refractivity contribution in [3.05, 3.63) is 64.9 Å². The fraction of sp³-hybridized carbons (Fsp3) is 0.227. The number of hydrogen-bond acceptors (Lipinski definition) is 4. The fourth-order valence-corrected chi connectivity index (χ4v) is 3.28. The summed E-state index contributed by atoms with van der Waals surface area (Å²) in [7, 11) is 0. The number of nitrogens with zero attached hydrogens (tertiary/aromatic N) is 1. The Morgan fingerprint density at radius 3 is 2.28 bits per heavy atom. The summed E-state index contributed by atoms with van der Waals surface area (Å²) in [6.45, 7) is 3.37. The highest BCUT2D eigenvalue weighted by Crippen LogP contribution is 2.45. The van der Waals surface area contributed by atoms with Crippen LogP contribution in [0.3, 0.4) is 0 Å². The Morgan fingerprint density at radius 2 is 1.69 bits per heavy atom. The van der Waals surface area contributed by atoms with Crippen molar-refractivity contribution in [3.8, 4) is 0 Å². The first-order chi connectivity index (χ1) is 15.0. The predicted molar refractivity (Wildman–Crippen MR) is 112 cm³/mol. The number of allylic oxidation sites excluding steroid dienone is 1. The Morgan fingerprint density at radius 1 is 1.03 bits per heavy atom. The third-order valence-corrected chi connectivity index (χ3v) is 4.91. The van der Waals surface area contributed by atoms with Gasteiger partial charge in [-0.3, -0.25) is 24.7 Å². The molecule has 0 spiro atoms. The van der Waals surface area contributed by atoms with Crippen molar-refractivity contribution in [3.63, 3.8) is 0 Å². The van der Waals surface area contributed by atoms with Crippen molar-refractivity contribution < 1.29 is 27.6 Å². The van der Waals surface area contributed by atoms with Crippen LogP contribution in [0.25, 0.3) is 5.57 Å². The van der Waals surface area contributed by atoms with Gasteiger partial charge in [-0.05, 0) is 38.1 Å². The molecule has 1 heterocycles. The topological polar surface area (TPSA) is 105 Å².